The average Bonchev–Trinajstić information content (AvgIpc) is 3.20. The van der Waals surface area contributed by atoms with Crippen LogP contribution in [0.25, 0.3) is 0 Å². The van der Waals surface area contributed by atoms with E-state index in [0.717, 1.165) is 16.9 Å². The van der Waals surface area contributed by atoms with Gasteiger partial charge in [0.25, 0.3) is 5.91 Å². The monoisotopic (exact) mass is 521 g/mol. The fourth-order valence-corrected chi connectivity index (χ4v) is 3.37. The molecule has 8 nitrogen and oxygen atoms in total. The molecule has 0 atom stereocenters. The SMILES string of the molecule is COc1ccc(CNC(=O)c2nc(NC(=O)Nc3ccc(Cl)cc3C)cn2CC=C(Cl)Cl)cc1. The van der Waals surface area contributed by atoms with Gasteiger partial charge in [0, 0.05) is 30.0 Å². The lowest BCUT2D eigenvalue weighted by Gasteiger charge is -2.08. The molecule has 3 N–H and O–H groups in total. The third-order valence-corrected chi connectivity index (χ3v) is 5.26. The van der Waals surface area contributed by atoms with E-state index < -0.39 is 11.9 Å². The van der Waals surface area contributed by atoms with E-state index in [1.165, 1.54) is 16.8 Å². The number of nitrogens with zero attached hydrogens (tertiary/aromatic N) is 2. The maximum atomic E-state index is 12.8. The lowest BCUT2D eigenvalue weighted by atomic mass is 10.2. The summed E-state index contributed by atoms with van der Waals surface area (Å²) in [6.07, 6.45) is 3.02. The topological polar surface area (TPSA) is 97.3 Å². The molecule has 3 rings (SSSR count). The summed E-state index contributed by atoms with van der Waals surface area (Å²) in [5.74, 6) is 0.546. The maximum absolute atomic E-state index is 12.8. The molecule has 0 unspecified atom stereocenters. The van der Waals surface area contributed by atoms with Crippen molar-refractivity contribution in [3.63, 3.8) is 0 Å². The largest absolute Gasteiger partial charge is 0.497 e. The Labute approximate surface area is 211 Å². The van der Waals surface area contributed by atoms with E-state index >= 15 is 0 Å². The number of allylic oxidation sites excluding steroid dienone is 1. The van der Waals surface area contributed by atoms with Crippen LogP contribution in [0, 0.1) is 6.92 Å². The Balaban J connectivity index is 1.72. The number of halogens is 3. The van der Waals surface area contributed by atoms with Gasteiger partial charge in [-0.25, -0.2) is 9.78 Å². The van der Waals surface area contributed by atoms with Crippen LogP contribution >= 0.6 is 34.8 Å². The van der Waals surface area contributed by atoms with Crippen molar-refractivity contribution >= 4 is 58.2 Å². The summed E-state index contributed by atoms with van der Waals surface area (Å²) in [6, 6.07) is 11.9. The van der Waals surface area contributed by atoms with Crippen molar-refractivity contribution in [2.75, 3.05) is 17.7 Å². The van der Waals surface area contributed by atoms with Gasteiger partial charge >= 0.3 is 6.03 Å². The number of rotatable bonds is 8. The van der Waals surface area contributed by atoms with Crippen LogP contribution in [0.1, 0.15) is 21.7 Å². The summed E-state index contributed by atoms with van der Waals surface area (Å²) in [5.41, 5.74) is 2.27. The number of hydrogen-bond acceptors (Lipinski definition) is 4. The minimum absolute atomic E-state index is 0.0451. The van der Waals surface area contributed by atoms with Gasteiger partial charge in [-0.3, -0.25) is 10.1 Å². The third kappa shape index (κ3) is 7.15. The molecule has 0 spiro atoms. The molecule has 34 heavy (non-hydrogen) atoms. The first-order valence-corrected chi connectivity index (χ1v) is 11.2. The Kier molecular flexibility index (Phi) is 8.81. The molecule has 2 aromatic carbocycles. The van der Waals surface area contributed by atoms with E-state index in [2.05, 4.69) is 20.9 Å². The minimum Gasteiger partial charge on any atom is -0.497 e. The third-order valence-electron chi connectivity index (χ3n) is 4.71. The normalized spacial score (nSPS) is 10.4. The molecule has 1 heterocycles. The van der Waals surface area contributed by atoms with Gasteiger partial charge in [-0.15, -0.1) is 0 Å². The summed E-state index contributed by atoms with van der Waals surface area (Å²) in [4.78, 5) is 29.6. The molecule has 3 amide bonds. The van der Waals surface area contributed by atoms with Crippen molar-refractivity contribution < 1.29 is 14.3 Å². The number of methoxy groups -OCH3 is 1. The molecule has 0 fully saturated rings. The minimum atomic E-state index is -0.522. The molecule has 0 aliphatic rings. The number of imidazole rings is 1. The van der Waals surface area contributed by atoms with Crippen molar-refractivity contribution in [3.8, 4) is 5.75 Å². The van der Waals surface area contributed by atoms with Crippen LogP contribution in [0.3, 0.4) is 0 Å². The number of amides is 3. The lowest BCUT2D eigenvalue weighted by Crippen LogP contribution is -2.26. The highest BCUT2D eigenvalue weighted by atomic mass is 35.5. The second-order valence-corrected chi connectivity index (χ2v) is 8.61. The highest BCUT2D eigenvalue weighted by molar-refractivity contribution is 6.55. The standard InChI is InChI=1S/C23H22Cl3N5O3/c1-14-11-16(24)5-8-18(14)28-23(33)30-20-13-31(10-9-19(25)26)21(29-20)22(32)27-12-15-3-6-17(34-2)7-4-15/h3-9,11,13H,10,12H2,1-2H3,(H,27,32)(H2,28,30,33). The molecule has 0 saturated carbocycles. The van der Waals surface area contributed by atoms with Gasteiger partial charge < -0.3 is 19.9 Å². The fourth-order valence-electron chi connectivity index (χ4n) is 3.01. The van der Waals surface area contributed by atoms with Crippen LogP contribution in [0.4, 0.5) is 16.3 Å². The predicted octanol–water partition coefficient (Wildman–Crippen LogP) is 5.75. The van der Waals surface area contributed by atoms with Crippen LogP contribution in [0.5, 0.6) is 5.75 Å². The van der Waals surface area contributed by atoms with Crippen molar-refractivity contribution in [2.24, 2.45) is 0 Å². The Bertz CT molecular complexity index is 1210. The summed E-state index contributed by atoms with van der Waals surface area (Å²) in [5, 5.41) is 8.73. The van der Waals surface area contributed by atoms with Crippen LogP contribution in [0.15, 0.2) is 59.2 Å². The number of carbonyl (C=O) groups excluding carboxylic acids is 2. The molecule has 0 aliphatic carbocycles. The van der Waals surface area contributed by atoms with Crippen LogP contribution < -0.4 is 20.7 Å². The zero-order chi connectivity index (χ0) is 24.7. The lowest BCUT2D eigenvalue weighted by molar-refractivity contribution is 0.0936. The first-order chi connectivity index (χ1) is 16.2. The number of urea groups is 1. The first-order valence-electron chi connectivity index (χ1n) is 10.1. The first kappa shape index (κ1) is 25.4. The van der Waals surface area contributed by atoms with Gasteiger partial charge in [0.2, 0.25) is 5.82 Å². The maximum Gasteiger partial charge on any atom is 0.324 e. The van der Waals surface area contributed by atoms with E-state index in [1.54, 1.807) is 37.4 Å². The zero-order valence-corrected chi connectivity index (χ0v) is 20.6. The van der Waals surface area contributed by atoms with Crippen molar-refractivity contribution in [2.45, 2.75) is 20.0 Å². The molecule has 0 radical (unpaired) electrons. The summed E-state index contributed by atoms with van der Waals surface area (Å²) >= 11 is 17.4. The average molecular weight is 523 g/mol. The van der Waals surface area contributed by atoms with Gasteiger partial charge in [0.1, 0.15) is 10.2 Å². The molecule has 1 aromatic heterocycles. The number of carbonyl (C=O) groups is 2. The van der Waals surface area contributed by atoms with E-state index in [0.29, 0.717) is 10.7 Å². The second kappa shape index (κ2) is 11.8. The molecule has 0 aliphatic heterocycles. The van der Waals surface area contributed by atoms with Crippen LogP contribution in [-0.4, -0.2) is 28.6 Å². The number of anilines is 2. The Morgan fingerprint density at radius 2 is 1.85 bits per heavy atom. The molecule has 0 bridgehead atoms. The predicted molar refractivity (Wildman–Crippen MR) is 135 cm³/mol. The highest BCUT2D eigenvalue weighted by Gasteiger charge is 2.17. The van der Waals surface area contributed by atoms with Crippen molar-refractivity contribution in [1.29, 1.82) is 0 Å². The number of benzene rings is 2. The number of aryl methyl sites for hydroxylation is 1. The molecular weight excluding hydrogens is 501 g/mol. The second-order valence-electron chi connectivity index (χ2n) is 7.17. The van der Waals surface area contributed by atoms with E-state index in [-0.39, 0.29) is 29.2 Å². The van der Waals surface area contributed by atoms with Gasteiger partial charge in [0.15, 0.2) is 5.82 Å². The molecular formula is C23H22Cl3N5O3. The van der Waals surface area contributed by atoms with E-state index in [1.807, 2.05) is 19.1 Å². The van der Waals surface area contributed by atoms with Crippen LogP contribution in [0.2, 0.25) is 5.02 Å². The van der Waals surface area contributed by atoms with E-state index in [9.17, 15) is 9.59 Å². The summed E-state index contributed by atoms with van der Waals surface area (Å²) < 4.78 is 6.71. The number of nitrogens with one attached hydrogen (secondary N) is 3. The smallest absolute Gasteiger partial charge is 0.324 e. The van der Waals surface area contributed by atoms with Gasteiger partial charge in [0.05, 0.1) is 7.11 Å². The van der Waals surface area contributed by atoms with Crippen molar-refractivity contribution in [1.82, 2.24) is 14.9 Å². The molecule has 3 aromatic rings. The Hall–Kier alpha value is -3.20. The molecule has 0 saturated heterocycles. The number of hydrogen-bond donors (Lipinski definition) is 3. The van der Waals surface area contributed by atoms with Crippen molar-refractivity contribution in [3.05, 3.63) is 81.2 Å². The van der Waals surface area contributed by atoms with E-state index in [4.69, 9.17) is 39.5 Å². The molecule has 178 valence electrons. The van der Waals surface area contributed by atoms with Gasteiger partial charge in [-0.1, -0.05) is 46.9 Å². The summed E-state index contributed by atoms with van der Waals surface area (Å²) in [6.45, 7) is 2.28. The number of aromatic nitrogens is 2. The van der Waals surface area contributed by atoms with Gasteiger partial charge in [-0.05, 0) is 54.5 Å². The highest BCUT2D eigenvalue weighted by Crippen LogP contribution is 2.20. The van der Waals surface area contributed by atoms with Crippen LogP contribution in [-0.2, 0) is 13.1 Å². The number of ether oxygens (including phenoxy) is 1. The quantitative estimate of drug-likeness (QED) is 0.351. The fraction of sp³-hybridized carbons (Fsp3) is 0.174. The Morgan fingerprint density at radius 3 is 2.50 bits per heavy atom. The molecule has 11 heteroatoms. The van der Waals surface area contributed by atoms with Gasteiger partial charge in [-0.2, -0.15) is 0 Å². The zero-order valence-electron chi connectivity index (χ0n) is 18.4. The summed E-state index contributed by atoms with van der Waals surface area (Å²) in [7, 11) is 1.58. The Morgan fingerprint density at radius 1 is 1.12 bits per heavy atom.